The molecule has 2 nitrogen and oxygen atoms in total. The van der Waals surface area contributed by atoms with Gasteiger partial charge in [0, 0.05) is 17.5 Å². The zero-order valence-electron chi connectivity index (χ0n) is 10.6. The van der Waals surface area contributed by atoms with Gasteiger partial charge in [0.1, 0.15) is 0 Å². The average Bonchev–Trinajstić information content (AvgIpc) is 2.40. The minimum Gasteiger partial charge on any atom is -0.324 e. The molecule has 2 N–H and O–H groups in total. The summed E-state index contributed by atoms with van der Waals surface area (Å²) < 4.78 is 0. The van der Waals surface area contributed by atoms with E-state index in [4.69, 9.17) is 5.73 Å². The van der Waals surface area contributed by atoms with E-state index < -0.39 is 0 Å². The maximum absolute atomic E-state index is 5.98. The second-order valence-electron chi connectivity index (χ2n) is 4.82. The van der Waals surface area contributed by atoms with Crippen molar-refractivity contribution in [3.8, 4) is 0 Å². The van der Waals surface area contributed by atoms with Gasteiger partial charge in [-0.05, 0) is 30.9 Å². The van der Waals surface area contributed by atoms with E-state index in [1.54, 1.807) is 0 Å². The first-order chi connectivity index (χ1) is 8.29. The highest BCUT2D eigenvalue weighted by Gasteiger charge is 2.15. The number of hydrogen-bond donors (Lipinski definition) is 1. The van der Waals surface area contributed by atoms with Gasteiger partial charge in [-0.2, -0.15) is 0 Å². The zero-order chi connectivity index (χ0) is 12.1. The number of pyridine rings is 1. The molecule has 1 aromatic heterocycles. The Kier molecular flexibility index (Phi) is 4.86. The highest BCUT2D eigenvalue weighted by molar-refractivity contribution is 7.99. The molecule has 0 aliphatic heterocycles. The van der Waals surface area contributed by atoms with Gasteiger partial charge >= 0.3 is 0 Å². The minimum absolute atomic E-state index is 0.135. The second kappa shape index (κ2) is 6.41. The largest absolute Gasteiger partial charge is 0.324 e. The predicted molar refractivity (Wildman–Crippen MR) is 74.2 cm³/mol. The molecular formula is C14H22N2S. The van der Waals surface area contributed by atoms with E-state index in [0.717, 1.165) is 22.3 Å². The van der Waals surface area contributed by atoms with Crippen molar-refractivity contribution >= 4 is 11.8 Å². The van der Waals surface area contributed by atoms with Gasteiger partial charge in [0.25, 0.3) is 0 Å². The molecule has 1 atom stereocenters. The Morgan fingerprint density at radius 2 is 2.12 bits per heavy atom. The standard InChI is InChI=1S/C14H22N2S/c1-2-13(15)11-8-9-14(16-10-11)17-12-6-4-3-5-7-12/h8-10,12-13H,2-7,15H2,1H3/t13-/m1/s1. The van der Waals surface area contributed by atoms with Gasteiger partial charge < -0.3 is 5.73 Å². The monoisotopic (exact) mass is 250 g/mol. The number of nitrogens with zero attached hydrogens (tertiary/aromatic N) is 1. The van der Waals surface area contributed by atoms with Crippen LogP contribution in [0.1, 0.15) is 57.1 Å². The number of rotatable bonds is 4. The number of aromatic nitrogens is 1. The van der Waals surface area contributed by atoms with Crippen molar-refractivity contribution in [2.75, 3.05) is 0 Å². The summed E-state index contributed by atoms with van der Waals surface area (Å²) in [5.41, 5.74) is 7.14. The van der Waals surface area contributed by atoms with Gasteiger partial charge in [0.05, 0.1) is 5.03 Å². The third-order valence-corrected chi connectivity index (χ3v) is 4.75. The topological polar surface area (TPSA) is 38.9 Å². The molecule has 0 spiro atoms. The van der Waals surface area contributed by atoms with Crippen molar-refractivity contribution in [2.45, 2.75) is 61.8 Å². The van der Waals surface area contributed by atoms with Crippen LogP contribution in [0, 0.1) is 0 Å². The molecule has 1 saturated carbocycles. The van der Waals surface area contributed by atoms with Crippen molar-refractivity contribution in [3.63, 3.8) is 0 Å². The van der Waals surface area contributed by atoms with E-state index in [2.05, 4.69) is 24.0 Å². The molecule has 17 heavy (non-hydrogen) atoms. The Labute approximate surface area is 108 Å². The molecule has 0 amide bonds. The van der Waals surface area contributed by atoms with Gasteiger partial charge in [-0.25, -0.2) is 4.98 Å². The zero-order valence-corrected chi connectivity index (χ0v) is 11.4. The first kappa shape index (κ1) is 12.9. The number of thioether (sulfide) groups is 1. The lowest BCUT2D eigenvalue weighted by molar-refractivity contribution is 0.515. The summed E-state index contributed by atoms with van der Waals surface area (Å²) in [5.74, 6) is 0. The molecule has 94 valence electrons. The molecular weight excluding hydrogens is 228 g/mol. The summed E-state index contributed by atoms with van der Waals surface area (Å²) in [6, 6.07) is 4.40. The normalized spacial score (nSPS) is 19.2. The van der Waals surface area contributed by atoms with Crippen molar-refractivity contribution in [2.24, 2.45) is 5.73 Å². The van der Waals surface area contributed by atoms with Crippen LogP contribution in [0.4, 0.5) is 0 Å². The highest BCUT2D eigenvalue weighted by Crippen LogP contribution is 2.32. The van der Waals surface area contributed by atoms with E-state index in [-0.39, 0.29) is 6.04 Å². The van der Waals surface area contributed by atoms with Crippen LogP contribution in [0.2, 0.25) is 0 Å². The van der Waals surface area contributed by atoms with Crippen LogP contribution in [0.25, 0.3) is 0 Å². The minimum atomic E-state index is 0.135. The summed E-state index contributed by atoms with van der Waals surface area (Å²) in [6.45, 7) is 2.11. The Balaban J connectivity index is 1.93. The van der Waals surface area contributed by atoms with Crippen LogP contribution < -0.4 is 5.73 Å². The van der Waals surface area contributed by atoms with E-state index in [1.807, 2.05) is 18.0 Å². The summed E-state index contributed by atoms with van der Waals surface area (Å²) in [7, 11) is 0. The van der Waals surface area contributed by atoms with Gasteiger partial charge in [0.2, 0.25) is 0 Å². The smallest absolute Gasteiger partial charge is 0.0962 e. The van der Waals surface area contributed by atoms with E-state index in [9.17, 15) is 0 Å². The van der Waals surface area contributed by atoms with Gasteiger partial charge in [-0.15, -0.1) is 11.8 Å². The molecule has 1 aliphatic rings. The van der Waals surface area contributed by atoms with Crippen LogP contribution in [0.5, 0.6) is 0 Å². The van der Waals surface area contributed by atoms with Gasteiger partial charge in [-0.3, -0.25) is 0 Å². The summed E-state index contributed by atoms with van der Waals surface area (Å²) in [5, 5.41) is 1.94. The number of hydrogen-bond acceptors (Lipinski definition) is 3. The Morgan fingerprint density at radius 1 is 1.35 bits per heavy atom. The van der Waals surface area contributed by atoms with Crippen LogP contribution >= 0.6 is 11.8 Å². The van der Waals surface area contributed by atoms with Crippen molar-refractivity contribution in [1.82, 2.24) is 4.98 Å². The van der Waals surface area contributed by atoms with Crippen LogP contribution in [0.3, 0.4) is 0 Å². The molecule has 1 fully saturated rings. The molecule has 3 heteroatoms. The summed E-state index contributed by atoms with van der Waals surface area (Å²) in [4.78, 5) is 4.52. The van der Waals surface area contributed by atoms with Crippen LogP contribution in [-0.2, 0) is 0 Å². The first-order valence-corrected chi connectivity index (χ1v) is 7.55. The fourth-order valence-corrected chi connectivity index (χ4v) is 3.44. The number of nitrogens with two attached hydrogens (primary N) is 1. The molecule has 0 radical (unpaired) electrons. The molecule has 2 rings (SSSR count). The molecule has 1 heterocycles. The molecule has 0 bridgehead atoms. The fourth-order valence-electron chi connectivity index (χ4n) is 2.27. The first-order valence-electron chi connectivity index (χ1n) is 6.67. The van der Waals surface area contributed by atoms with Crippen molar-refractivity contribution in [1.29, 1.82) is 0 Å². The summed E-state index contributed by atoms with van der Waals surface area (Å²) >= 11 is 1.94. The second-order valence-corrected chi connectivity index (χ2v) is 6.14. The summed E-state index contributed by atoms with van der Waals surface area (Å²) in [6.07, 6.45) is 9.79. The Morgan fingerprint density at radius 3 is 2.71 bits per heavy atom. The lowest BCUT2D eigenvalue weighted by atomic mass is 10.0. The van der Waals surface area contributed by atoms with E-state index in [1.165, 1.54) is 32.1 Å². The van der Waals surface area contributed by atoms with E-state index >= 15 is 0 Å². The van der Waals surface area contributed by atoms with Crippen LogP contribution in [-0.4, -0.2) is 10.2 Å². The molecule has 1 aromatic rings. The molecule has 0 unspecified atom stereocenters. The van der Waals surface area contributed by atoms with Crippen molar-refractivity contribution in [3.05, 3.63) is 23.9 Å². The fraction of sp³-hybridized carbons (Fsp3) is 0.643. The van der Waals surface area contributed by atoms with Gasteiger partial charge in [0.15, 0.2) is 0 Å². The lowest BCUT2D eigenvalue weighted by Crippen LogP contribution is -2.10. The van der Waals surface area contributed by atoms with Gasteiger partial charge in [-0.1, -0.05) is 32.3 Å². The van der Waals surface area contributed by atoms with E-state index in [0.29, 0.717) is 0 Å². The van der Waals surface area contributed by atoms with Crippen LogP contribution in [0.15, 0.2) is 23.4 Å². The average molecular weight is 250 g/mol. The Hall–Kier alpha value is -0.540. The molecule has 0 saturated heterocycles. The molecule has 1 aliphatic carbocycles. The van der Waals surface area contributed by atoms with Crippen molar-refractivity contribution < 1.29 is 0 Å². The Bertz CT molecular complexity index is 331. The predicted octanol–water partition coefficient (Wildman–Crippen LogP) is 3.92. The molecule has 0 aromatic carbocycles. The quantitative estimate of drug-likeness (QED) is 0.880. The SMILES string of the molecule is CC[C@@H](N)c1ccc(SC2CCCCC2)nc1. The highest BCUT2D eigenvalue weighted by atomic mass is 32.2. The lowest BCUT2D eigenvalue weighted by Gasteiger charge is -2.20. The maximum atomic E-state index is 5.98. The third-order valence-electron chi connectivity index (χ3n) is 3.47. The maximum Gasteiger partial charge on any atom is 0.0962 e. The third kappa shape index (κ3) is 3.71.